The summed E-state index contributed by atoms with van der Waals surface area (Å²) in [5.74, 6) is -0.799. The molecule has 0 saturated heterocycles. The van der Waals surface area contributed by atoms with E-state index >= 15 is 0 Å². The number of amides is 1. The lowest BCUT2D eigenvalue weighted by atomic mass is 10.0. The normalized spacial score (nSPS) is 12.1. The van der Waals surface area contributed by atoms with E-state index in [4.69, 9.17) is 4.74 Å². The van der Waals surface area contributed by atoms with Crippen molar-refractivity contribution in [2.75, 3.05) is 0 Å². The SMILES string of the molecule is Cc1nc(C(C)C)sc1C(=O)NC(CC(=O)OC(C)C)c1ccccc1[N+](=O)[O-]. The highest BCUT2D eigenvalue weighted by Crippen LogP contribution is 2.29. The molecule has 0 fully saturated rings. The molecule has 1 N–H and O–H groups in total. The van der Waals surface area contributed by atoms with E-state index in [2.05, 4.69) is 10.3 Å². The molecule has 1 aromatic carbocycles. The second-order valence-corrected chi connectivity index (χ2v) is 8.24. The van der Waals surface area contributed by atoms with Gasteiger partial charge in [-0.2, -0.15) is 0 Å². The summed E-state index contributed by atoms with van der Waals surface area (Å²) in [5.41, 5.74) is 0.666. The zero-order valence-corrected chi connectivity index (χ0v) is 17.9. The van der Waals surface area contributed by atoms with Gasteiger partial charge in [-0.1, -0.05) is 32.0 Å². The first-order valence-electron chi connectivity index (χ1n) is 9.31. The smallest absolute Gasteiger partial charge is 0.308 e. The van der Waals surface area contributed by atoms with Crippen LogP contribution in [0.1, 0.15) is 72.0 Å². The Bertz CT molecular complexity index is 907. The van der Waals surface area contributed by atoms with Crippen LogP contribution in [0.2, 0.25) is 0 Å². The minimum Gasteiger partial charge on any atom is -0.463 e. The summed E-state index contributed by atoms with van der Waals surface area (Å²) in [4.78, 5) is 40.9. The molecule has 1 amide bonds. The Morgan fingerprint density at radius 2 is 1.90 bits per heavy atom. The van der Waals surface area contributed by atoms with E-state index in [0.29, 0.717) is 10.6 Å². The average Bonchev–Trinajstić information content (AvgIpc) is 3.02. The number of hydrogen-bond donors (Lipinski definition) is 1. The van der Waals surface area contributed by atoms with Crippen molar-refractivity contribution in [1.29, 1.82) is 0 Å². The van der Waals surface area contributed by atoms with Gasteiger partial charge in [0.2, 0.25) is 0 Å². The Labute approximate surface area is 173 Å². The van der Waals surface area contributed by atoms with Gasteiger partial charge in [-0.25, -0.2) is 4.98 Å². The van der Waals surface area contributed by atoms with E-state index in [1.807, 2.05) is 13.8 Å². The second-order valence-electron chi connectivity index (χ2n) is 7.21. The van der Waals surface area contributed by atoms with Crippen molar-refractivity contribution in [2.24, 2.45) is 0 Å². The number of benzene rings is 1. The molecule has 0 aliphatic carbocycles. The van der Waals surface area contributed by atoms with Crippen LogP contribution in [0.3, 0.4) is 0 Å². The molecule has 0 bridgehead atoms. The van der Waals surface area contributed by atoms with Gasteiger partial charge >= 0.3 is 5.97 Å². The molecule has 0 aliphatic rings. The summed E-state index contributed by atoms with van der Waals surface area (Å²) in [6.07, 6.45) is -0.550. The van der Waals surface area contributed by atoms with Gasteiger partial charge in [0.1, 0.15) is 4.88 Å². The molecular formula is C20H25N3O5S. The van der Waals surface area contributed by atoms with E-state index in [0.717, 1.165) is 5.01 Å². The van der Waals surface area contributed by atoms with Crippen molar-refractivity contribution in [2.45, 2.75) is 59.1 Å². The molecule has 0 aliphatic heterocycles. The van der Waals surface area contributed by atoms with Crippen LogP contribution in [0.15, 0.2) is 24.3 Å². The van der Waals surface area contributed by atoms with Gasteiger partial charge in [-0.05, 0) is 20.8 Å². The Morgan fingerprint density at radius 1 is 1.24 bits per heavy atom. The molecule has 0 saturated carbocycles. The van der Waals surface area contributed by atoms with Gasteiger partial charge in [0, 0.05) is 12.0 Å². The van der Waals surface area contributed by atoms with Gasteiger partial charge in [0.05, 0.1) is 39.8 Å². The first kappa shape index (κ1) is 22.5. The van der Waals surface area contributed by atoms with Crippen LogP contribution in [0, 0.1) is 17.0 Å². The highest BCUT2D eigenvalue weighted by atomic mass is 32.1. The molecule has 9 heteroatoms. The predicted octanol–water partition coefficient (Wildman–Crippen LogP) is 4.30. The average molecular weight is 420 g/mol. The summed E-state index contributed by atoms with van der Waals surface area (Å²) >= 11 is 1.28. The molecule has 0 radical (unpaired) electrons. The number of aromatic nitrogens is 1. The first-order valence-corrected chi connectivity index (χ1v) is 10.1. The van der Waals surface area contributed by atoms with Crippen molar-refractivity contribution in [3.63, 3.8) is 0 Å². The summed E-state index contributed by atoms with van der Waals surface area (Å²) in [6, 6.07) is 5.14. The van der Waals surface area contributed by atoms with Crippen LogP contribution in [-0.2, 0) is 9.53 Å². The molecule has 29 heavy (non-hydrogen) atoms. The Kier molecular flexibility index (Phi) is 7.44. The molecule has 1 heterocycles. The maximum atomic E-state index is 12.9. The van der Waals surface area contributed by atoms with E-state index in [9.17, 15) is 19.7 Å². The highest BCUT2D eigenvalue weighted by Gasteiger charge is 2.28. The zero-order chi connectivity index (χ0) is 21.7. The number of nitro benzene ring substituents is 1. The standard InChI is InChI=1S/C20H25N3O5S/c1-11(2)20-21-13(5)18(29-20)19(25)22-15(10-17(24)28-12(3)4)14-8-6-7-9-16(14)23(26)27/h6-9,11-12,15H,10H2,1-5H3,(H,22,25). The van der Waals surface area contributed by atoms with E-state index in [1.165, 1.54) is 29.5 Å². The molecule has 8 nitrogen and oxygen atoms in total. The lowest BCUT2D eigenvalue weighted by Crippen LogP contribution is -2.31. The van der Waals surface area contributed by atoms with Gasteiger partial charge in [0.25, 0.3) is 11.6 Å². The summed E-state index contributed by atoms with van der Waals surface area (Å²) in [6.45, 7) is 9.13. The number of aryl methyl sites for hydroxylation is 1. The number of nitrogens with one attached hydrogen (secondary N) is 1. The molecule has 2 rings (SSSR count). The second kappa shape index (κ2) is 9.60. The van der Waals surface area contributed by atoms with Crippen LogP contribution >= 0.6 is 11.3 Å². The third-order valence-corrected chi connectivity index (χ3v) is 5.52. The highest BCUT2D eigenvalue weighted by molar-refractivity contribution is 7.13. The molecule has 156 valence electrons. The van der Waals surface area contributed by atoms with Gasteiger partial charge in [0.15, 0.2) is 0 Å². The van der Waals surface area contributed by atoms with E-state index in [1.54, 1.807) is 26.8 Å². The largest absolute Gasteiger partial charge is 0.463 e. The van der Waals surface area contributed by atoms with Crippen LogP contribution in [-0.4, -0.2) is 27.9 Å². The lowest BCUT2D eigenvalue weighted by molar-refractivity contribution is -0.385. The van der Waals surface area contributed by atoms with Crippen LogP contribution < -0.4 is 5.32 Å². The minimum atomic E-state index is -0.903. The predicted molar refractivity (Wildman–Crippen MR) is 110 cm³/mol. The van der Waals surface area contributed by atoms with Crippen LogP contribution in [0.4, 0.5) is 5.69 Å². The number of esters is 1. The quantitative estimate of drug-likeness (QED) is 0.388. The Hall–Kier alpha value is -2.81. The van der Waals surface area contributed by atoms with Gasteiger partial charge < -0.3 is 10.1 Å². The molecule has 1 aromatic heterocycles. The number of carbonyl (C=O) groups excluding carboxylic acids is 2. The number of carbonyl (C=O) groups is 2. The summed E-state index contributed by atoms with van der Waals surface area (Å²) in [5, 5.41) is 15.0. The van der Waals surface area contributed by atoms with Gasteiger partial charge in [-0.15, -0.1) is 11.3 Å². The number of para-hydroxylation sites is 1. The first-order chi connectivity index (χ1) is 13.6. The summed E-state index contributed by atoms with van der Waals surface area (Å²) < 4.78 is 5.18. The number of rotatable bonds is 8. The number of thiazole rings is 1. The Balaban J connectivity index is 2.36. The van der Waals surface area contributed by atoms with Crippen LogP contribution in [0.25, 0.3) is 0 Å². The number of ether oxygens (including phenoxy) is 1. The maximum absolute atomic E-state index is 12.9. The number of hydrogen-bond acceptors (Lipinski definition) is 7. The summed E-state index contributed by atoms with van der Waals surface area (Å²) in [7, 11) is 0. The number of nitro groups is 1. The fraction of sp³-hybridized carbons (Fsp3) is 0.450. The molecule has 1 unspecified atom stereocenters. The third kappa shape index (κ3) is 5.83. The Morgan fingerprint density at radius 3 is 2.45 bits per heavy atom. The van der Waals surface area contributed by atoms with Crippen molar-refractivity contribution in [1.82, 2.24) is 10.3 Å². The molecular weight excluding hydrogens is 394 g/mol. The topological polar surface area (TPSA) is 111 Å². The van der Waals surface area contributed by atoms with Gasteiger partial charge in [-0.3, -0.25) is 19.7 Å². The van der Waals surface area contributed by atoms with Crippen LogP contribution in [0.5, 0.6) is 0 Å². The minimum absolute atomic E-state index is 0.168. The maximum Gasteiger partial charge on any atom is 0.308 e. The lowest BCUT2D eigenvalue weighted by Gasteiger charge is -2.19. The van der Waals surface area contributed by atoms with Crippen molar-refractivity contribution in [3.05, 3.63) is 55.5 Å². The van der Waals surface area contributed by atoms with E-state index < -0.39 is 22.8 Å². The number of nitrogens with zero attached hydrogens (tertiary/aromatic N) is 2. The zero-order valence-electron chi connectivity index (χ0n) is 17.1. The van der Waals surface area contributed by atoms with Crippen molar-refractivity contribution < 1.29 is 19.2 Å². The molecule has 0 spiro atoms. The molecule has 2 aromatic rings. The fourth-order valence-corrected chi connectivity index (χ4v) is 3.74. The third-order valence-electron chi connectivity index (χ3n) is 4.07. The fourth-order valence-electron chi connectivity index (χ4n) is 2.76. The van der Waals surface area contributed by atoms with Crippen molar-refractivity contribution in [3.8, 4) is 0 Å². The van der Waals surface area contributed by atoms with Crippen molar-refractivity contribution >= 4 is 28.9 Å². The molecule has 1 atom stereocenters. The van der Waals surface area contributed by atoms with E-state index in [-0.39, 0.29) is 29.7 Å². The monoisotopic (exact) mass is 419 g/mol.